The Balaban J connectivity index is 1.75. The minimum Gasteiger partial charge on any atom is -0.381 e. The van der Waals surface area contributed by atoms with Crippen molar-refractivity contribution in [3.8, 4) is 0 Å². The number of hydrogen-bond acceptors (Lipinski definition) is 4. The second kappa shape index (κ2) is 7.56. The zero-order chi connectivity index (χ0) is 17.9. The molecule has 4 rings (SSSR count). The molecule has 0 spiro atoms. The zero-order valence-corrected chi connectivity index (χ0v) is 15.7. The molecule has 0 aliphatic carbocycles. The number of aromatic nitrogens is 1. The van der Waals surface area contributed by atoms with Gasteiger partial charge in [0.25, 0.3) is 0 Å². The molecule has 134 valence electrons. The number of hydrogen-bond donors (Lipinski definition) is 0. The first-order chi connectivity index (χ1) is 12.8. The van der Waals surface area contributed by atoms with Gasteiger partial charge in [0.1, 0.15) is 0 Å². The van der Waals surface area contributed by atoms with Crippen molar-refractivity contribution in [1.29, 1.82) is 0 Å². The van der Waals surface area contributed by atoms with Crippen LogP contribution in [-0.2, 0) is 16.0 Å². The van der Waals surface area contributed by atoms with Crippen LogP contribution in [0.2, 0.25) is 0 Å². The molecule has 1 aliphatic heterocycles. The van der Waals surface area contributed by atoms with Gasteiger partial charge in [0, 0.05) is 19.1 Å². The molecule has 0 saturated carbocycles. The normalized spacial score (nSPS) is 15.3. The standard InChI is InChI=1S/C21H22N2O2S/c1-2-15-7-9-17(10-8-15)23(20(24)16-11-13-25-14-12-16)21-22-18-5-3-4-6-19(18)26-21/h3-10,16H,2,11-14H2,1H3. The summed E-state index contributed by atoms with van der Waals surface area (Å²) in [6.45, 7) is 3.44. The van der Waals surface area contributed by atoms with E-state index < -0.39 is 0 Å². The number of ether oxygens (including phenoxy) is 1. The van der Waals surface area contributed by atoms with Crippen molar-refractivity contribution in [2.45, 2.75) is 26.2 Å². The fraction of sp³-hybridized carbons (Fsp3) is 0.333. The molecule has 1 aromatic heterocycles. The average molecular weight is 366 g/mol. The molecule has 0 N–H and O–H groups in total. The predicted octanol–water partition coefficient (Wildman–Crippen LogP) is 4.95. The van der Waals surface area contributed by atoms with Crippen molar-refractivity contribution in [3.05, 3.63) is 54.1 Å². The number of thiazole rings is 1. The summed E-state index contributed by atoms with van der Waals surface area (Å²) in [6.07, 6.45) is 2.52. The van der Waals surface area contributed by atoms with Crippen LogP contribution in [0.25, 0.3) is 10.2 Å². The van der Waals surface area contributed by atoms with Gasteiger partial charge in [0.05, 0.1) is 15.9 Å². The summed E-state index contributed by atoms with van der Waals surface area (Å²) in [4.78, 5) is 19.9. The number of para-hydroxylation sites is 1. The van der Waals surface area contributed by atoms with Crippen LogP contribution in [0.4, 0.5) is 10.8 Å². The van der Waals surface area contributed by atoms with Crippen LogP contribution in [0.5, 0.6) is 0 Å². The Morgan fingerprint density at radius 3 is 2.58 bits per heavy atom. The highest BCUT2D eigenvalue weighted by Gasteiger charge is 2.30. The maximum Gasteiger partial charge on any atom is 0.236 e. The summed E-state index contributed by atoms with van der Waals surface area (Å²) in [5, 5.41) is 0.743. The van der Waals surface area contributed by atoms with Crippen molar-refractivity contribution in [2.75, 3.05) is 18.1 Å². The van der Waals surface area contributed by atoms with Gasteiger partial charge in [-0.25, -0.2) is 4.98 Å². The number of fused-ring (bicyclic) bond motifs is 1. The summed E-state index contributed by atoms with van der Waals surface area (Å²) in [6, 6.07) is 16.3. The monoisotopic (exact) mass is 366 g/mol. The summed E-state index contributed by atoms with van der Waals surface area (Å²) in [5.74, 6) is 0.109. The third kappa shape index (κ3) is 3.37. The van der Waals surface area contributed by atoms with Crippen molar-refractivity contribution < 1.29 is 9.53 Å². The lowest BCUT2D eigenvalue weighted by atomic mass is 9.98. The van der Waals surface area contributed by atoms with Crippen LogP contribution in [0.1, 0.15) is 25.3 Å². The highest BCUT2D eigenvalue weighted by molar-refractivity contribution is 7.22. The number of benzene rings is 2. The van der Waals surface area contributed by atoms with Gasteiger partial charge in [-0.15, -0.1) is 0 Å². The molecule has 1 saturated heterocycles. The third-order valence-electron chi connectivity index (χ3n) is 4.87. The molecular formula is C21H22N2O2S. The number of carbonyl (C=O) groups is 1. The molecule has 5 heteroatoms. The second-order valence-corrected chi connectivity index (χ2v) is 7.55. The van der Waals surface area contributed by atoms with Crippen LogP contribution in [0.3, 0.4) is 0 Å². The molecule has 26 heavy (non-hydrogen) atoms. The van der Waals surface area contributed by atoms with Crippen molar-refractivity contribution in [3.63, 3.8) is 0 Å². The smallest absolute Gasteiger partial charge is 0.236 e. The van der Waals surface area contributed by atoms with E-state index in [9.17, 15) is 4.79 Å². The molecule has 2 heterocycles. The fourth-order valence-electron chi connectivity index (χ4n) is 3.30. The minimum atomic E-state index is -0.0124. The van der Waals surface area contributed by atoms with Gasteiger partial charge in [-0.05, 0) is 49.1 Å². The van der Waals surface area contributed by atoms with Gasteiger partial charge in [-0.2, -0.15) is 0 Å². The van der Waals surface area contributed by atoms with Gasteiger partial charge in [-0.3, -0.25) is 9.69 Å². The molecular weight excluding hydrogens is 344 g/mol. The lowest BCUT2D eigenvalue weighted by molar-refractivity contribution is -0.124. The second-order valence-electron chi connectivity index (χ2n) is 6.54. The Bertz CT molecular complexity index is 865. The van der Waals surface area contributed by atoms with Crippen molar-refractivity contribution in [1.82, 2.24) is 4.98 Å². The van der Waals surface area contributed by atoms with E-state index in [1.54, 1.807) is 16.2 Å². The summed E-state index contributed by atoms with van der Waals surface area (Å²) >= 11 is 1.57. The quantitative estimate of drug-likeness (QED) is 0.656. The maximum absolute atomic E-state index is 13.4. The Hall–Kier alpha value is -2.24. The molecule has 0 unspecified atom stereocenters. The van der Waals surface area contributed by atoms with Gasteiger partial charge < -0.3 is 4.74 Å². The molecule has 0 bridgehead atoms. The predicted molar refractivity (Wildman–Crippen MR) is 106 cm³/mol. The average Bonchev–Trinajstić information content (AvgIpc) is 3.13. The van der Waals surface area contributed by atoms with Crippen LogP contribution < -0.4 is 4.90 Å². The van der Waals surface area contributed by atoms with E-state index in [0.29, 0.717) is 13.2 Å². The number of rotatable bonds is 4. The highest BCUT2D eigenvalue weighted by Crippen LogP contribution is 2.35. The summed E-state index contributed by atoms with van der Waals surface area (Å²) < 4.78 is 6.53. The van der Waals surface area contributed by atoms with E-state index in [-0.39, 0.29) is 11.8 Å². The topological polar surface area (TPSA) is 42.4 Å². The number of aryl methyl sites for hydroxylation is 1. The Labute approximate surface area is 157 Å². The van der Waals surface area contributed by atoms with Gasteiger partial charge in [0.15, 0.2) is 5.13 Å². The van der Waals surface area contributed by atoms with Gasteiger partial charge in [0.2, 0.25) is 5.91 Å². The van der Waals surface area contributed by atoms with E-state index in [0.717, 1.165) is 40.3 Å². The molecule has 3 aromatic rings. The molecule has 0 radical (unpaired) electrons. The fourth-order valence-corrected chi connectivity index (χ4v) is 4.29. The Morgan fingerprint density at radius 2 is 1.88 bits per heavy atom. The SMILES string of the molecule is CCc1ccc(N(C(=O)C2CCOCC2)c2nc3ccccc3s2)cc1. The maximum atomic E-state index is 13.4. The van der Waals surface area contributed by atoms with Crippen LogP contribution in [0.15, 0.2) is 48.5 Å². The van der Waals surface area contributed by atoms with E-state index in [1.807, 2.05) is 36.4 Å². The van der Waals surface area contributed by atoms with Crippen molar-refractivity contribution >= 4 is 38.3 Å². The Morgan fingerprint density at radius 1 is 1.15 bits per heavy atom. The Kier molecular flexibility index (Phi) is 5.00. The van der Waals surface area contributed by atoms with Gasteiger partial charge >= 0.3 is 0 Å². The van der Waals surface area contributed by atoms with Gasteiger partial charge in [-0.1, -0.05) is 42.5 Å². The first-order valence-electron chi connectivity index (χ1n) is 9.12. The number of amides is 1. The van der Waals surface area contributed by atoms with E-state index >= 15 is 0 Å². The van der Waals surface area contributed by atoms with Crippen LogP contribution in [0, 0.1) is 5.92 Å². The molecule has 1 amide bonds. The third-order valence-corrected chi connectivity index (χ3v) is 5.89. The summed E-state index contributed by atoms with van der Waals surface area (Å²) in [5.41, 5.74) is 3.08. The lowest BCUT2D eigenvalue weighted by Gasteiger charge is -2.28. The van der Waals surface area contributed by atoms with E-state index in [4.69, 9.17) is 9.72 Å². The first-order valence-corrected chi connectivity index (χ1v) is 9.94. The molecule has 0 atom stereocenters. The summed E-state index contributed by atoms with van der Waals surface area (Å²) in [7, 11) is 0. The van der Waals surface area contributed by atoms with E-state index in [2.05, 4.69) is 19.1 Å². The molecule has 1 fully saturated rings. The molecule has 1 aliphatic rings. The highest BCUT2D eigenvalue weighted by atomic mass is 32.1. The zero-order valence-electron chi connectivity index (χ0n) is 14.9. The number of anilines is 2. The van der Waals surface area contributed by atoms with Crippen LogP contribution >= 0.6 is 11.3 Å². The largest absolute Gasteiger partial charge is 0.381 e. The minimum absolute atomic E-state index is 0.0124. The molecule has 4 nitrogen and oxygen atoms in total. The van der Waals surface area contributed by atoms with Crippen LogP contribution in [-0.4, -0.2) is 24.1 Å². The van der Waals surface area contributed by atoms with E-state index in [1.165, 1.54) is 5.56 Å². The molecule has 2 aromatic carbocycles. The number of carbonyl (C=O) groups excluding carboxylic acids is 1. The number of nitrogens with zero attached hydrogens (tertiary/aromatic N) is 2. The first kappa shape index (κ1) is 17.2. The lowest BCUT2D eigenvalue weighted by Crippen LogP contribution is -2.35. The van der Waals surface area contributed by atoms with Crippen molar-refractivity contribution in [2.24, 2.45) is 5.92 Å².